The highest BCUT2D eigenvalue weighted by molar-refractivity contribution is 5.38. The van der Waals surface area contributed by atoms with Gasteiger partial charge in [-0.1, -0.05) is 52.3 Å². The molecule has 0 unspecified atom stereocenters. The topological polar surface area (TPSA) is 23.8 Å². The molecule has 0 spiro atoms. The second-order valence-corrected chi connectivity index (χ2v) is 2.91. The lowest BCUT2D eigenvalue weighted by atomic mass is 10.1. The second kappa shape index (κ2) is 12.7. The van der Waals surface area contributed by atoms with E-state index in [1.54, 1.807) is 0 Å². The lowest BCUT2D eigenvalue weighted by Gasteiger charge is -1.92. The first-order valence-corrected chi connectivity index (χ1v) is 5.70. The molecule has 1 heteroatoms. The molecule has 0 aliphatic heterocycles. The summed E-state index contributed by atoms with van der Waals surface area (Å²) >= 11 is 0. The van der Waals surface area contributed by atoms with Crippen LogP contribution < -0.4 is 0 Å². The van der Waals surface area contributed by atoms with Crippen LogP contribution in [0.25, 0.3) is 0 Å². The van der Waals surface area contributed by atoms with Gasteiger partial charge in [-0.15, -0.1) is 0 Å². The summed E-state index contributed by atoms with van der Waals surface area (Å²) in [5.74, 6) is 0. The molecule has 0 amide bonds. The summed E-state index contributed by atoms with van der Waals surface area (Å²) in [6, 6.07) is 2.14. The van der Waals surface area contributed by atoms with Gasteiger partial charge in [0.25, 0.3) is 0 Å². The molecule has 0 aliphatic carbocycles. The maximum Gasteiger partial charge on any atom is 0.0991 e. The smallest absolute Gasteiger partial charge is 0.0991 e. The number of rotatable bonds is 5. The third kappa shape index (κ3) is 10.6. The summed E-state index contributed by atoms with van der Waals surface area (Å²) in [6.45, 7) is 12.0. The fraction of sp³-hybridized carbons (Fsp3) is 0.500. The van der Waals surface area contributed by atoms with Crippen LogP contribution in [0.1, 0.15) is 47.0 Å². The molecule has 0 bridgehead atoms. The molecular formula is C14H23N. The number of allylic oxidation sites excluding steroid dienone is 5. The Balaban J connectivity index is 0. The zero-order valence-corrected chi connectivity index (χ0v) is 10.5. The van der Waals surface area contributed by atoms with Crippen molar-refractivity contribution >= 4 is 0 Å². The Bertz CT molecular complexity index is 251. The first-order chi connectivity index (χ1) is 7.24. The zero-order chi connectivity index (χ0) is 12.1. The van der Waals surface area contributed by atoms with E-state index < -0.39 is 0 Å². The van der Waals surface area contributed by atoms with E-state index in [0.717, 1.165) is 24.8 Å². The molecule has 0 fully saturated rings. The molecule has 0 aromatic heterocycles. The van der Waals surface area contributed by atoms with E-state index in [-0.39, 0.29) is 0 Å². The minimum Gasteiger partial charge on any atom is -0.192 e. The number of hydrogen-bond acceptors (Lipinski definition) is 1. The Labute approximate surface area is 94.8 Å². The summed E-state index contributed by atoms with van der Waals surface area (Å²) < 4.78 is 0. The maximum atomic E-state index is 8.76. The highest BCUT2D eigenvalue weighted by Crippen LogP contribution is 2.05. The van der Waals surface area contributed by atoms with Gasteiger partial charge >= 0.3 is 0 Å². The van der Waals surface area contributed by atoms with Crippen molar-refractivity contribution in [2.24, 2.45) is 0 Å². The summed E-state index contributed by atoms with van der Waals surface area (Å²) in [5, 5.41) is 8.76. The van der Waals surface area contributed by atoms with Crippen molar-refractivity contribution in [1.82, 2.24) is 0 Å². The molecule has 1 nitrogen and oxygen atoms in total. The van der Waals surface area contributed by atoms with E-state index in [1.165, 1.54) is 0 Å². The molecule has 0 atom stereocenters. The van der Waals surface area contributed by atoms with E-state index in [4.69, 9.17) is 5.26 Å². The van der Waals surface area contributed by atoms with E-state index in [1.807, 2.05) is 39.0 Å². The van der Waals surface area contributed by atoms with Gasteiger partial charge in [0, 0.05) is 0 Å². The van der Waals surface area contributed by atoms with Gasteiger partial charge in [-0.3, -0.25) is 0 Å². The summed E-state index contributed by atoms with van der Waals surface area (Å²) in [7, 11) is 0. The average molecular weight is 205 g/mol. The Morgan fingerprint density at radius 2 is 1.93 bits per heavy atom. The van der Waals surface area contributed by atoms with Gasteiger partial charge in [0.2, 0.25) is 0 Å². The molecule has 15 heavy (non-hydrogen) atoms. The fourth-order valence-electron chi connectivity index (χ4n) is 0.817. The predicted molar refractivity (Wildman–Crippen MR) is 68.5 cm³/mol. The molecule has 0 radical (unpaired) electrons. The van der Waals surface area contributed by atoms with E-state index in [2.05, 4.69) is 19.6 Å². The van der Waals surface area contributed by atoms with Gasteiger partial charge in [-0.25, -0.2) is 0 Å². The van der Waals surface area contributed by atoms with Crippen LogP contribution in [0.3, 0.4) is 0 Å². The van der Waals surface area contributed by atoms with Crippen LogP contribution in [0.2, 0.25) is 0 Å². The van der Waals surface area contributed by atoms with Gasteiger partial charge in [-0.2, -0.15) is 5.26 Å². The molecule has 0 N–H and O–H groups in total. The van der Waals surface area contributed by atoms with Crippen LogP contribution in [-0.4, -0.2) is 0 Å². The third-order valence-electron chi connectivity index (χ3n) is 1.70. The molecule has 0 aromatic rings. The summed E-state index contributed by atoms with van der Waals surface area (Å²) in [5.41, 5.74) is 1.69. The van der Waals surface area contributed by atoms with Crippen molar-refractivity contribution in [1.29, 1.82) is 5.26 Å². The Kier molecular flexibility index (Phi) is 13.7. The quantitative estimate of drug-likeness (QED) is 0.468. The molecule has 0 rings (SSSR count). The average Bonchev–Trinajstić information content (AvgIpc) is 2.30. The zero-order valence-electron chi connectivity index (χ0n) is 10.5. The van der Waals surface area contributed by atoms with Crippen LogP contribution in [0, 0.1) is 11.3 Å². The third-order valence-corrected chi connectivity index (χ3v) is 1.70. The van der Waals surface area contributed by atoms with Gasteiger partial charge < -0.3 is 0 Å². The number of hydrogen-bond donors (Lipinski definition) is 0. The summed E-state index contributed by atoms with van der Waals surface area (Å²) in [6.07, 6.45) is 8.77. The molecule has 0 heterocycles. The number of nitriles is 1. The lowest BCUT2D eigenvalue weighted by Crippen LogP contribution is -1.76. The Hall–Kier alpha value is -1.29. The Morgan fingerprint density at radius 1 is 1.33 bits per heavy atom. The fourth-order valence-corrected chi connectivity index (χ4v) is 0.817. The van der Waals surface area contributed by atoms with Gasteiger partial charge in [0.1, 0.15) is 0 Å². The van der Waals surface area contributed by atoms with Crippen LogP contribution in [0.5, 0.6) is 0 Å². The molecule has 0 saturated carbocycles. The molecule has 0 aliphatic rings. The SMILES string of the molecule is C=C(/C=C(C#N)\C=C/CCC)CC.CC. The molecule has 84 valence electrons. The van der Waals surface area contributed by atoms with E-state index >= 15 is 0 Å². The molecule has 0 saturated heterocycles. The highest BCUT2D eigenvalue weighted by atomic mass is 14.2. The van der Waals surface area contributed by atoms with Crippen LogP contribution in [0.15, 0.2) is 36.0 Å². The van der Waals surface area contributed by atoms with Crippen LogP contribution in [-0.2, 0) is 0 Å². The first kappa shape index (κ1) is 16.2. The standard InChI is InChI=1S/C12H17N.C2H6/c1-4-6-7-8-12(10-13)9-11(3)5-2;1-2/h7-9H,3-6H2,1-2H3;1-2H3/b8-7-,12-9+;. The number of unbranched alkanes of at least 4 members (excludes halogenated alkanes) is 1. The van der Waals surface area contributed by atoms with Crippen molar-refractivity contribution < 1.29 is 0 Å². The van der Waals surface area contributed by atoms with E-state index in [9.17, 15) is 0 Å². The van der Waals surface area contributed by atoms with Crippen molar-refractivity contribution in [3.05, 3.63) is 36.0 Å². The van der Waals surface area contributed by atoms with Crippen molar-refractivity contribution in [2.75, 3.05) is 0 Å². The second-order valence-electron chi connectivity index (χ2n) is 2.91. The minimum absolute atomic E-state index is 0.695. The van der Waals surface area contributed by atoms with Crippen LogP contribution >= 0.6 is 0 Å². The monoisotopic (exact) mass is 205 g/mol. The van der Waals surface area contributed by atoms with Crippen molar-refractivity contribution in [3.8, 4) is 6.07 Å². The van der Waals surface area contributed by atoms with Crippen LogP contribution in [0.4, 0.5) is 0 Å². The van der Waals surface area contributed by atoms with Gasteiger partial charge in [0.15, 0.2) is 0 Å². The minimum atomic E-state index is 0.695. The summed E-state index contributed by atoms with van der Waals surface area (Å²) in [4.78, 5) is 0. The van der Waals surface area contributed by atoms with Crippen molar-refractivity contribution in [2.45, 2.75) is 47.0 Å². The Morgan fingerprint density at radius 3 is 2.33 bits per heavy atom. The highest BCUT2D eigenvalue weighted by Gasteiger charge is 1.89. The number of nitrogens with zero attached hydrogens (tertiary/aromatic N) is 1. The van der Waals surface area contributed by atoms with E-state index in [0.29, 0.717) is 5.57 Å². The normalized spacial score (nSPS) is 10.5. The van der Waals surface area contributed by atoms with Gasteiger partial charge in [0.05, 0.1) is 11.6 Å². The molecule has 0 aromatic carbocycles. The maximum absolute atomic E-state index is 8.76. The molecular weight excluding hydrogens is 182 g/mol. The first-order valence-electron chi connectivity index (χ1n) is 5.70. The predicted octanol–water partition coefficient (Wildman–Crippen LogP) is 4.79. The van der Waals surface area contributed by atoms with Crippen molar-refractivity contribution in [3.63, 3.8) is 0 Å². The van der Waals surface area contributed by atoms with Gasteiger partial charge in [-0.05, 0) is 25.0 Å². The lowest BCUT2D eigenvalue weighted by molar-refractivity contribution is 0.958. The largest absolute Gasteiger partial charge is 0.192 e.